The third-order valence-electron chi connectivity index (χ3n) is 3.13. The maximum absolute atomic E-state index is 11.2. The number of rotatable bonds is 5. The van der Waals surface area contributed by atoms with Gasteiger partial charge in [-0.15, -0.1) is 0 Å². The number of nitro groups is 1. The van der Waals surface area contributed by atoms with Gasteiger partial charge >= 0.3 is 0 Å². The Labute approximate surface area is 143 Å². The summed E-state index contributed by atoms with van der Waals surface area (Å²) in [6.07, 6.45) is 3.32. The number of nitro benzene ring substituents is 1. The summed E-state index contributed by atoms with van der Waals surface area (Å²) < 4.78 is 10.3. The van der Waals surface area contributed by atoms with Gasteiger partial charge in [-0.2, -0.15) is 0 Å². The number of ether oxygens (including phenoxy) is 2. The molecule has 2 aromatic carbocycles. The molecule has 7 heteroatoms. The van der Waals surface area contributed by atoms with E-state index < -0.39 is 4.92 Å². The van der Waals surface area contributed by atoms with E-state index >= 15 is 0 Å². The van der Waals surface area contributed by atoms with Crippen molar-refractivity contribution in [2.45, 2.75) is 0 Å². The fourth-order valence-corrected chi connectivity index (χ4v) is 2.28. The molecule has 2 aromatic rings. The van der Waals surface area contributed by atoms with Gasteiger partial charge in [0.2, 0.25) is 0 Å². The zero-order valence-electron chi connectivity index (χ0n) is 12.4. The molecule has 0 bridgehead atoms. The SMILES string of the molecule is COc1cc(C=Cc2ccc(Cl)c(Cl)c2)c([N+](=O)[O-])cc1OC. The first-order chi connectivity index (χ1) is 11.0. The summed E-state index contributed by atoms with van der Waals surface area (Å²) in [4.78, 5) is 10.8. The molecule has 0 aliphatic rings. The molecule has 120 valence electrons. The van der Waals surface area contributed by atoms with E-state index in [1.165, 1.54) is 20.3 Å². The topological polar surface area (TPSA) is 61.6 Å². The third-order valence-corrected chi connectivity index (χ3v) is 3.87. The van der Waals surface area contributed by atoms with Crippen molar-refractivity contribution in [2.24, 2.45) is 0 Å². The summed E-state index contributed by atoms with van der Waals surface area (Å²) in [6, 6.07) is 7.97. The zero-order chi connectivity index (χ0) is 17.0. The minimum Gasteiger partial charge on any atom is -0.493 e. The lowest BCUT2D eigenvalue weighted by atomic mass is 10.1. The predicted octanol–water partition coefficient (Wildman–Crippen LogP) is 5.09. The first kappa shape index (κ1) is 17.1. The van der Waals surface area contributed by atoms with E-state index in [2.05, 4.69) is 0 Å². The fraction of sp³-hybridized carbons (Fsp3) is 0.125. The lowest BCUT2D eigenvalue weighted by molar-refractivity contribution is -0.385. The van der Waals surface area contributed by atoms with Crippen molar-refractivity contribution in [1.82, 2.24) is 0 Å². The Kier molecular flexibility index (Phi) is 5.47. The largest absolute Gasteiger partial charge is 0.493 e. The average Bonchev–Trinajstić information content (AvgIpc) is 2.54. The van der Waals surface area contributed by atoms with E-state index in [4.69, 9.17) is 32.7 Å². The Balaban J connectivity index is 2.46. The van der Waals surface area contributed by atoms with Crippen LogP contribution in [-0.2, 0) is 0 Å². The standard InChI is InChI=1S/C16H13Cl2NO4/c1-22-15-8-11(14(19(20)21)9-16(15)23-2)5-3-10-4-6-12(17)13(18)7-10/h3-9H,1-2H3. The maximum Gasteiger partial charge on any atom is 0.280 e. The van der Waals surface area contributed by atoms with Crippen molar-refractivity contribution in [3.05, 3.63) is 61.6 Å². The molecule has 23 heavy (non-hydrogen) atoms. The first-order valence-electron chi connectivity index (χ1n) is 6.49. The predicted molar refractivity (Wildman–Crippen MR) is 91.6 cm³/mol. The average molecular weight is 354 g/mol. The van der Waals surface area contributed by atoms with Crippen LogP contribution in [-0.4, -0.2) is 19.1 Å². The minimum absolute atomic E-state index is 0.0843. The normalized spacial score (nSPS) is 10.8. The number of methoxy groups -OCH3 is 2. The fourth-order valence-electron chi connectivity index (χ4n) is 1.98. The number of benzene rings is 2. The van der Waals surface area contributed by atoms with E-state index in [1.54, 1.807) is 36.4 Å². The van der Waals surface area contributed by atoms with Crippen LogP contribution in [0.5, 0.6) is 11.5 Å². The molecule has 0 heterocycles. The molecule has 0 fully saturated rings. The van der Waals surface area contributed by atoms with Crippen LogP contribution in [0, 0.1) is 10.1 Å². The number of halogens is 2. The minimum atomic E-state index is -0.476. The van der Waals surface area contributed by atoms with Gasteiger partial charge in [0, 0.05) is 0 Å². The third kappa shape index (κ3) is 3.94. The molecule has 5 nitrogen and oxygen atoms in total. The molecular formula is C16H13Cl2NO4. The van der Waals surface area contributed by atoms with E-state index in [-0.39, 0.29) is 5.69 Å². The Morgan fingerprint density at radius 1 is 1.00 bits per heavy atom. The highest BCUT2D eigenvalue weighted by molar-refractivity contribution is 6.42. The van der Waals surface area contributed by atoms with Crippen LogP contribution >= 0.6 is 23.2 Å². The Bertz CT molecular complexity index is 775. The first-order valence-corrected chi connectivity index (χ1v) is 7.25. The second-order valence-electron chi connectivity index (χ2n) is 4.53. The molecule has 0 aliphatic heterocycles. The Morgan fingerprint density at radius 3 is 2.22 bits per heavy atom. The van der Waals surface area contributed by atoms with Crippen molar-refractivity contribution < 1.29 is 14.4 Å². The maximum atomic E-state index is 11.2. The highest BCUT2D eigenvalue weighted by atomic mass is 35.5. The molecule has 0 saturated heterocycles. The zero-order valence-corrected chi connectivity index (χ0v) is 13.9. The molecule has 0 saturated carbocycles. The van der Waals surface area contributed by atoms with Crippen LogP contribution in [0.2, 0.25) is 10.0 Å². The van der Waals surface area contributed by atoms with Crippen LogP contribution in [0.25, 0.3) is 12.2 Å². The summed E-state index contributed by atoms with van der Waals surface area (Å²) in [5.74, 6) is 0.706. The Hall–Kier alpha value is -2.24. The van der Waals surface area contributed by atoms with Crippen LogP contribution in [0.1, 0.15) is 11.1 Å². The molecule has 0 amide bonds. The van der Waals surface area contributed by atoms with Crippen molar-refractivity contribution in [2.75, 3.05) is 14.2 Å². The highest BCUT2D eigenvalue weighted by Gasteiger charge is 2.17. The number of hydrogen-bond donors (Lipinski definition) is 0. The van der Waals surface area contributed by atoms with Crippen LogP contribution in [0.4, 0.5) is 5.69 Å². The highest BCUT2D eigenvalue weighted by Crippen LogP contribution is 2.35. The molecule has 0 radical (unpaired) electrons. The van der Waals surface area contributed by atoms with Crippen LogP contribution < -0.4 is 9.47 Å². The molecule has 0 aliphatic carbocycles. The summed E-state index contributed by atoms with van der Waals surface area (Å²) in [5.41, 5.74) is 1.07. The molecule has 0 atom stereocenters. The quantitative estimate of drug-likeness (QED) is 0.426. The summed E-state index contributed by atoms with van der Waals surface area (Å²) >= 11 is 11.8. The van der Waals surface area contributed by atoms with Crippen LogP contribution in [0.15, 0.2) is 30.3 Å². The second kappa shape index (κ2) is 7.35. The van der Waals surface area contributed by atoms with Gasteiger partial charge in [-0.25, -0.2) is 0 Å². The van der Waals surface area contributed by atoms with E-state index in [0.29, 0.717) is 27.1 Å². The summed E-state index contributed by atoms with van der Waals surface area (Å²) in [6.45, 7) is 0. The van der Waals surface area contributed by atoms with Crippen LogP contribution in [0.3, 0.4) is 0 Å². The van der Waals surface area contributed by atoms with Crippen molar-refractivity contribution >= 4 is 41.0 Å². The Morgan fingerprint density at radius 2 is 1.65 bits per heavy atom. The van der Waals surface area contributed by atoms with E-state index in [1.807, 2.05) is 0 Å². The summed E-state index contributed by atoms with van der Waals surface area (Å²) in [7, 11) is 2.89. The molecule has 2 rings (SSSR count). The molecule has 0 aromatic heterocycles. The molecule has 0 spiro atoms. The number of nitrogens with zero attached hydrogens (tertiary/aromatic N) is 1. The van der Waals surface area contributed by atoms with Gasteiger partial charge in [0.05, 0.1) is 40.8 Å². The number of hydrogen-bond acceptors (Lipinski definition) is 4. The van der Waals surface area contributed by atoms with Gasteiger partial charge in [0.15, 0.2) is 11.5 Å². The molecule has 0 unspecified atom stereocenters. The van der Waals surface area contributed by atoms with Gasteiger partial charge in [-0.1, -0.05) is 35.3 Å². The van der Waals surface area contributed by atoms with E-state index in [0.717, 1.165) is 5.56 Å². The molecular weight excluding hydrogens is 341 g/mol. The van der Waals surface area contributed by atoms with Crippen molar-refractivity contribution in [3.63, 3.8) is 0 Å². The van der Waals surface area contributed by atoms with Crippen molar-refractivity contribution in [1.29, 1.82) is 0 Å². The smallest absolute Gasteiger partial charge is 0.280 e. The van der Waals surface area contributed by atoms with Gasteiger partial charge in [0.25, 0.3) is 5.69 Å². The molecule has 0 N–H and O–H groups in total. The van der Waals surface area contributed by atoms with Crippen molar-refractivity contribution in [3.8, 4) is 11.5 Å². The summed E-state index contributed by atoms with van der Waals surface area (Å²) in [5, 5.41) is 12.1. The van der Waals surface area contributed by atoms with E-state index in [9.17, 15) is 10.1 Å². The lowest BCUT2D eigenvalue weighted by Crippen LogP contribution is -1.96. The van der Waals surface area contributed by atoms with Gasteiger partial charge < -0.3 is 9.47 Å². The van der Waals surface area contributed by atoms with Gasteiger partial charge in [0.1, 0.15) is 0 Å². The second-order valence-corrected chi connectivity index (χ2v) is 5.34. The monoisotopic (exact) mass is 353 g/mol. The van der Waals surface area contributed by atoms with Gasteiger partial charge in [-0.3, -0.25) is 10.1 Å². The van der Waals surface area contributed by atoms with Gasteiger partial charge in [-0.05, 0) is 29.8 Å². The lowest BCUT2D eigenvalue weighted by Gasteiger charge is -2.08.